The number of benzene rings is 1. The van der Waals surface area contributed by atoms with Gasteiger partial charge in [-0.15, -0.1) is 0 Å². The number of carbonyl (C=O) groups is 1. The predicted molar refractivity (Wildman–Crippen MR) is 83.5 cm³/mol. The molecule has 4 heteroatoms. The molecular formula is C17H26N2O2. The van der Waals surface area contributed by atoms with E-state index in [1.54, 1.807) is 0 Å². The summed E-state index contributed by atoms with van der Waals surface area (Å²) in [7, 11) is 0. The van der Waals surface area contributed by atoms with E-state index in [9.17, 15) is 4.79 Å². The zero-order valence-corrected chi connectivity index (χ0v) is 12.8. The highest BCUT2D eigenvalue weighted by Gasteiger charge is 2.31. The van der Waals surface area contributed by atoms with E-state index in [0.29, 0.717) is 32.2 Å². The zero-order chi connectivity index (χ0) is 15.1. The van der Waals surface area contributed by atoms with Crippen LogP contribution in [0.5, 0.6) is 0 Å². The smallest absolute Gasteiger partial charge is 0.223 e. The fraction of sp³-hybridized carbons (Fsp3) is 0.588. The second kappa shape index (κ2) is 8.15. The van der Waals surface area contributed by atoms with Crippen LogP contribution in [0.3, 0.4) is 0 Å². The van der Waals surface area contributed by atoms with Crippen LogP contribution in [0.15, 0.2) is 24.3 Å². The first-order chi connectivity index (χ1) is 10.3. The molecule has 0 saturated heterocycles. The summed E-state index contributed by atoms with van der Waals surface area (Å²) in [6.45, 7) is 4.45. The summed E-state index contributed by atoms with van der Waals surface area (Å²) < 4.78 is 5.47. The molecule has 0 spiro atoms. The molecule has 0 heterocycles. The Kier molecular flexibility index (Phi) is 6.21. The lowest BCUT2D eigenvalue weighted by molar-refractivity contribution is -0.126. The van der Waals surface area contributed by atoms with Crippen LogP contribution >= 0.6 is 0 Å². The predicted octanol–water partition coefficient (Wildman–Crippen LogP) is 2.21. The molecule has 1 amide bonds. The molecule has 1 aliphatic rings. The van der Waals surface area contributed by atoms with Gasteiger partial charge in [-0.2, -0.15) is 0 Å². The maximum atomic E-state index is 12.3. The minimum Gasteiger partial charge on any atom is -0.377 e. The van der Waals surface area contributed by atoms with Crippen LogP contribution in [0, 0.1) is 11.8 Å². The van der Waals surface area contributed by atoms with Gasteiger partial charge in [-0.3, -0.25) is 4.79 Å². The molecule has 0 radical (unpaired) electrons. The quantitative estimate of drug-likeness (QED) is 0.809. The molecular weight excluding hydrogens is 264 g/mol. The third-order valence-corrected chi connectivity index (χ3v) is 4.33. The van der Waals surface area contributed by atoms with E-state index >= 15 is 0 Å². The molecule has 1 aromatic rings. The van der Waals surface area contributed by atoms with Crippen molar-refractivity contribution in [2.45, 2.75) is 39.3 Å². The lowest BCUT2D eigenvalue weighted by Gasteiger charge is -2.18. The van der Waals surface area contributed by atoms with E-state index in [0.717, 1.165) is 30.4 Å². The number of ether oxygens (including phenoxy) is 1. The molecule has 116 valence electrons. The van der Waals surface area contributed by atoms with E-state index in [-0.39, 0.29) is 11.8 Å². The molecule has 1 saturated carbocycles. The van der Waals surface area contributed by atoms with Crippen LogP contribution in [0.1, 0.15) is 37.3 Å². The van der Waals surface area contributed by atoms with Gasteiger partial charge in [0, 0.05) is 19.1 Å². The van der Waals surface area contributed by atoms with Crippen LogP contribution in [0.25, 0.3) is 0 Å². The molecule has 21 heavy (non-hydrogen) atoms. The third-order valence-electron chi connectivity index (χ3n) is 4.33. The van der Waals surface area contributed by atoms with Crippen molar-refractivity contribution in [1.82, 2.24) is 5.32 Å². The summed E-state index contributed by atoms with van der Waals surface area (Å²) in [6, 6.07) is 8.09. The highest BCUT2D eigenvalue weighted by atomic mass is 16.5. The normalized spacial score (nSPS) is 21.4. The molecule has 1 aliphatic carbocycles. The molecule has 0 aliphatic heterocycles. The van der Waals surface area contributed by atoms with Crippen molar-refractivity contribution in [3.05, 3.63) is 35.4 Å². The van der Waals surface area contributed by atoms with Gasteiger partial charge < -0.3 is 15.8 Å². The molecule has 1 aromatic carbocycles. The molecule has 0 unspecified atom stereocenters. The number of carbonyl (C=O) groups excluding carboxylic acids is 1. The van der Waals surface area contributed by atoms with Crippen LogP contribution in [-0.2, 0) is 22.7 Å². The van der Waals surface area contributed by atoms with Gasteiger partial charge in [0.05, 0.1) is 6.61 Å². The summed E-state index contributed by atoms with van der Waals surface area (Å²) in [5.41, 5.74) is 8.02. The molecule has 0 bridgehead atoms. The average molecular weight is 290 g/mol. The number of hydrogen-bond donors (Lipinski definition) is 2. The minimum absolute atomic E-state index is 0.0917. The summed E-state index contributed by atoms with van der Waals surface area (Å²) in [6.07, 6.45) is 3.16. The highest BCUT2D eigenvalue weighted by molar-refractivity contribution is 5.79. The summed E-state index contributed by atoms with van der Waals surface area (Å²) in [5.74, 6) is 0.590. The number of nitrogens with two attached hydrogens (primary N) is 1. The SMILES string of the molecule is CCOCc1ccccc1CNC(=O)[C@@H]1CCC[C@@H]1CN. The summed E-state index contributed by atoms with van der Waals surface area (Å²) in [4.78, 5) is 12.3. The Bertz CT molecular complexity index is 462. The van der Waals surface area contributed by atoms with Crippen LogP contribution < -0.4 is 11.1 Å². The van der Waals surface area contributed by atoms with Gasteiger partial charge in [-0.25, -0.2) is 0 Å². The summed E-state index contributed by atoms with van der Waals surface area (Å²) in [5, 5.41) is 3.07. The van der Waals surface area contributed by atoms with E-state index in [2.05, 4.69) is 11.4 Å². The molecule has 3 N–H and O–H groups in total. The topological polar surface area (TPSA) is 64.3 Å². The van der Waals surface area contributed by atoms with E-state index in [1.807, 2.05) is 25.1 Å². The van der Waals surface area contributed by atoms with Crippen molar-refractivity contribution < 1.29 is 9.53 Å². The second-order valence-electron chi connectivity index (χ2n) is 5.66. The van der Waals surface area contributed by atoms with E-state index in [4.69, 9.17) is 10.5 Å². The van der Waals surface area contributed by atoms with Gasteiger partial charge in [-0.1, -0.05) is 30.7 Å². The standard InChI is InChI=1S/C17H26N2O2/c1-2-21-12-15-7-4-3-6-14(15)11-19-17(20)16-9-5-8-13(16)10-18/h3-4,6-7,13,16H,2,5,8-12,18H2,1H3,(H,19,20)/t13-,16-/m1/s1. The van der Waals surface area contributed by atoms with Crippen molar-refractivity contribution in [2.75, 3.05) is 13.2 Å². The van der Waals surface area contributed by atoms with Gasteiger partial charge in [0.25, 0.3) is 0 Å². The molecule has 2 atom stereocenters. The van der Waals surface area contributed by atoms with E-state index in [1.165, 1.54) is 0 Å². The lowest BCUT2D eigenvalue weighted by Crippen LogP contribution is -2.34. The molecule has 1 fully saturated rings. The Balaban J connectivity index is 1.92. The first-order valence-electron chi connectivity index (χ1n) is 7.88. The third kappa shape index (κ3) is 4.29. The Morgan fingerprint density at radius 2 is 2.10 bits per heavy atom. The molecule has 0 aromatic heterocycles. The number of nitrogens with one attached hydrogen (secondary N) is 1. The van der Waals surface area contributed by atoms with Gasteiger partial charge in [0.1, 0.15) is 0 Å². The maximum absolute atomic E-state index is 12.3. The molecule has 2 rings (SSSR count). The first kappa shape index (κ1) is 16.0. The van der Waals surface area contributed by atoms with E-state index < -0.39 is 0 Å². The largest absolute Gasteiger partial charge is 0.377 e. The van der Waals surface area contributed by atoms with Crippen molar-refractivity contribution in [3.8, 4) is 0 Å². The Morgan fingerprint density at radius 3 is 2.81 bits per heavy atom. The number of amides is 1. The average Bonchev–Trinajstić information content (AvgIpc) is 3.00. The van der Waals surface area contributed by atoms with Crippen molar-refractivity contribution in [1.29, 1.82) is 0 Å². The van der Waals surface area contributed by atoms with Gasteiger partial charge in [-0.05, 0) is 43.4 Å². The number of hydrogen-bond acceptors (Lipinski definition) is 3. The Labute approximate surface area is 127 Å². The monoisotopic (exact) mass is 290 g/mol. The number of rotatable bonds is 7. The molecule has 4 nitrogen and oxygen atoms in total. The van der Waals surface area contributed by atoms with Crippen molar-refractivity contribution in [3.63, 3.8) is 0 Å². The van der Waals surface area contributed by atoms with Crippen molar-refractivity contribution >= 4 is 5.91 Å². The summed E-state index contributed by atoms with van der Waals surface area (Å²) >= 11 is 0. The fourth-order valence-corrected chi connectivity index (χ4v) is 3.06. The Hall–Kier alpha value is -1.39. The van der Waals surface area contributed by atoms with Crippen molar-refractivity contribution in [2.24, 2.45) is 17.6 Å². The first-order valence-corrected chi connectivity index (χ1v) is 7.88. The highest BCUT2D eigenvalue weighted by Crippen LogP contribution is 2.31. The Morgan fingerprint density at radius 1 is 1.33 bits per heavy atom. The lowest BCUT2D eigenvalue weighted by atomic mass is 9.95. The zero-order valence-electron chi connectivity index (χ0n) is 12.8. The fourth-order valence-electron chi connectivity index (χ4n) is 3.06. The van der Waals surface area contributed by atoms with Gasteiger partial charge >= 0.3 is 0 Å². The maximum Gasteiger partial charge on any atom is 0.223 e. The van der Waals surface area contributed by atoms with Gasteiger partial charge in [0.15, 0.2) is 0 Å². The second-order valence-corrected chi connectivity index (χ2v) is 5.66. The minimum atomic E-state index is 0.0917. The van der Waals surface area contributed by atoms with Crippen LogP contribution in [0.2, 0.25) is 0 Å². The van der Waals surface area contributed by atoms with Gasteiger partial charge in [0.2, 0.25) is 5.91 Å². The van der Waals surface area contributed by atoms with Crippen LogP contribution in [-0.4, -0.2) is 19.1 Å². The van der Waals surface area contributed by atoms with Crippen LogP contribution in [0.4, 0.5) is 0 Å².